The molecular formula is C22H17N2O+. The molecule has 0 unspecified atom stereocenters. The maximum absolute atomic E-state index is 6.33. The standard InChI is InChI=1S/C22H17N2O/c1-14-20(18-9-5-6-12-24(18)2)22-17(13-23-14)21-16-8-4-3-7-15(16)10-11-19(21)25-22/h3-13H,1-2H3/q+1. The van der Waals surface area contributed by atoms with Crippen LogP contribution in [0, 0.1) is 6.92 Å². The summed E-state index contributed by atoms with van der Waals surface area (Å²) in [6, 6.07) is 18.8. The van der Waals surface area contributed by atoms with E-state index in [1.807, 2.05) is 38.5 Å². The lowest BCUT2D eigenvalue weighted by Gasteiger charge is -2.04. The van der Waals surface area contributed by atoms with E-state index < -0.39 is 0 Å². The number of aryl methyl sites for hydroxylation is 2. The second-order valence-electron chi connectivity index (χ2n) is 6.42. The van der Waals surface area contributed by atoms with Crippen molar-refractivity contribution in [3.05, 3.63) is 72.7 Å². The third-order valence-corrected chi connectivity index (χ3v) is 4.90. The molecule has 0 aliphatic heterocycles. The third kappa shape index (κ3) is 1.99. The molecule has 3 nitrogen and oxygen atoms in total. The molecule has 0 atom stereocenters. The molecule has 0 amide bonds. The van der Waals surface area contributed by atoms with Gasteiger partial charge in [-0.15, -0.1) is 0 Å². The van der Waals surface area contributed by atoms with Crippen molar-refractivity contribution in [2.45, 2.75) is 6.92 Å². The maximum atomic E-state index is 6.33. The molecule has 0 bridgehead atoms. The van der Waals surface area contributed by atoms with Gasteiger partial charge in [0.1, 0.15) is 18.2 Å². The molecule has 0 aliphatic rings. The third-order valence-electron chi connectivity index (χ3n) is 4.90. The Hall–Kier alpha value is -3.20. The molecule has 5 aromatic rings. The number of hydrogen-bond donors (Lipinski definition) is 0. The van der Waals surface area contributed by atoms with Crippen molar-refractivity contribution < 1.29 is 8.98 Å². The predicted molar refractivity (Wildman–Crippen MR) is 100 cm³/mol. The molecule has 0 N–H and O–H groups in total. The van der Waals surface area contributed by atoms with Crippen LogP contribution in [-0.2, 0) is 7.05 Å². The quantitative estimate of drug-likeness (QED) is 0.409. The first-order valence-corrected chi connectivity index (χ1v) is 8.38. The highest BCUT2D eigenvalue weighted by Gasteiger charge is 2.21. The summed E-state index contributed by atoms with van der Waals surface area (Å²) in [5, 5.41) is 4.62. The number of aromatic nitrogens is 2. The van der Waals surface area contributed by atoms with E-state index in [2.05, 4.69) is 52.0 Å². The molecule has 3 heteroatoms. The van der Waals surface area contributed by atoms with E-state index in [0.29, 0.717) is 0 Å². The number of furan rings is 1. The fourth-order valence-corrected chi connectivity index (χ4v) is 3.68. The average Bonchev–Trinajstić information content (AvgIpc) is 3.01. The zero-order chi connectivity index (χ0) is 17.0. The number of hydrogen-bond acceptors (Lipinski definition) is 2. The minimum Gasteiger partial charge on any atom is -0.455 e. The number of nitrogens with zero attached hydrogens (tertiary/aromatic N) is 2. The van der Waals surface area contributed by atoms with Crippen molar-refractivity contribution in [3.63, 3.8) is 0 Å². The highest BCUT2D eigenvalue weighted by Crippen LogP contribution is 2.38. The highest BCUT2D eigenvalue weighted by atomic mass is 16.3. The van der Waals surface area contributed by atoms with E-state index in [1.165, 1.54) is 10.8 Å². The van der Waals surface area contributed by atoms with Crippen LogP contribution in [0.1, 0.15) is 5.69 Å². The first kappa shape index (κ1) is 14.2. The van der Waals surface area contributed by atoms with E-state index in [-0.39, 0.29) is 0 Å². The van der Waals surface area contributed by atoms with Crippen LogP contribution in [-0.4, -0.2) is 4.98 Å². The molecule has 5 rings (SSSR count). The zero-order valence-electron chi connectivity index (χ0n) is 14.2. The van der Waals surface area contributed by atoms with Gasteiger partial charge in [-0.1, -0.05) is 30.3 Å². The summed E-state index contributed by atoms with van der Waals surface area (Å²) in [4.78, 5) is 4.68. The van der Waals surface area contributed by atoms with Crippen molar-refractivity contribution >= 4 is 32.7 Å². The first-order valence-electron chi connectivity index (χ1n) is 8.38. The van der Waals surface area contributed by atoms with Gasteiger partial charge in [-0.05, 0) is 29.8 Å². The Bertz CT molecular complexity index is 1270. The molecule has 0 aliphatic carbocycles. The number of rotatable bonds is 1. The van der Waals surface area contributed by atoms with Crippen LogP contribution < -0.4 is 4.57 Å². The molecule has 3 heterocycles. The molecule has 0 fully saturated rings. The summed E-state index contributed by atoms with van der Waals surface area (Å²) in [6.45, 7) is 2.03. The van der Waals surface area contributed by atoms with Gasteiger partial charge in [0, 0.05) is 29.1 Å². The van der Waals surface area contributed by atoms with Crippen LogP contribution in [0.4, 0.5) is 0 Å². The Morgan fingerprint density at radius 2 is 1.76 bits per heavy atom. The molecule has 0 radical (unpaired) electrons. The van der Waals surface area contributed by atoms with Gasteiger partial charge in [0.2, 0.25) is 5.69 Å². The fraction of sp³-hybridized carbons (Fsp3) is 0.0909. The Kier molecular flexibility index (Phi) is 2.92. The SMILES string of the molecule is Cc1ncc2c(oc3ccc4ccccc4c32)c1-c1cccc[n+]1C. The minimum absolute atomic E-state index is 0.903. The lowest BCUT2D eigenvalue weighted by Crippen LogP contribution is -2.30. The summed E-state index contributed by atoms with van der Waals surface area (Å²) in [6.07, 6.45) is 3.99. The molecule has 0 spiro atoms. The molecule has 0 saturated carbocycles. The predicted octanol–water partition coefficient (Wildman–Crippen LogP) is 4.93. The van der Waals surface area contributed by atoms with Gasteiger partial charge in [-0.2, -0.15) is 0 Å². The summed E-state index contributed by atoms with van der Waals surface area (Å²) in [5.41, 5.74) is 4.93. The minimum atomic E-state index is 0.903. The Morgan fingerprint density at radius 1 is 0.920 bits per heavy atom. The first-order chi connectivity index (χ1) is 12.2. The van der Waals surface area contributed by atoms with Crippen LogP contribution >= 0.6 is 0 Å². The van der Waals surface area contributed by atoms with Crippen LogP contribution in [0.2, 0.25) is 0 Å². The van der Waals surface area contributed by atoms with E-state index in [1.54, 1.807) is 0 Å². The van der Waals surface area contributed by atoms with Crippen LogP contribution in [0.3, 0.4) is 0 Å². The van der Waals surface area contributed by atoms with Gasteiger partial charge in [0.25, 0.3) is 0 Å². The van der Waals surface area contributed by atoms with Crippen molar-refractivity contribution in [3.8, 4) is 11.3 Å². The topological polar surface area (TPSA) is 29.9 Å². The maximum Gasteiger partial charge on any atom is 0.217 e. The Morgan fingerprint density at radius 3 is 2.64 bits per heavy atom. The van der Waals surface area contributed by atoms with Gasteiger partial charge in [-0.3, -0.25) is 4.98 Å². The molecule has 3 aromatic heterocycles. The van der Waals surface area contributed by atoms with Crippen molar-refractivity contribution in [2.75, 3.05) is 0 Å². The molecule has 2 aromatic carbocycles. The summed E-state index contributed by atoms with van der Waals surface area (Å²) < 4.78 is 8.43. The van der Waals surface area contributed by atoms with Crippen molar-refractivity contribution in [1.29, 1.82) is 0 Å². The Balaban J connectivity index is 1.99. The zero-order valence-corrected chi connectivity index (χ0v) is 14.2. The molecule has 120 valence electrons. The normalized spacial score (nSPS) is 11.6. The number of fused-ring (bicyclic) bond motifs is 5. The largest absolute Gasteiger partial charge is 0.455 e. The van der Waals surface area contributed by atoms with Gasteiger partial charge in [0.05, 0.1) is 5.69 Å². The van der Waals surface area contributed by atoms with Crippen molar-refractivity contribution in [2.24, 2.45) is 7.05 Å². The number of pyridine rings is 2. The summed E-state index contributed by atoms with van der Waals surface area (Å²) >= 11 is 0. The lowest BCUT2D eigenvalue weighted by molar-refractivity contribution is -0.660. The lowest BCUT2D eigenvalue weighted by atomic mass is 10.0. The average molecular weight is 325 g/mol. The van der Waals surface area contributed by atoms with E-state index in [9.17, 15) is 0 Å². The van der Waals surface area contributed by atoms with Gasteiger partial charge in [0.15, 0.2) is 11.8 Å². The van der Waals surface area contributed by atoms with E-state index in [4.69, 9.17) is 4.42 Å². The van der Waals surface area contributed by atoms with Gasteiger partial charge >= 0.3 is 0 Å². The van der Waals surface area contributed by atoms with E-state index in [0.717, 1.165) is 38.9 Å². The second-order valence-corrected chi connectivity index (χ2v) is 6.42. The summed E-state index contributed by atoms with van der Waals surface area (Å²) in [7, 11) is 2.05. The number of benzene rings is 2. The molecular weight excluding hydrogens is 308 g/mol. The van der Waals surface area contributed by atoms with Crippen molar-refractivity contribution in [1.82, 2.24) is 4.98 Å². The monoisotopic (exact) mass is 325 g/mol. The van der Waals surface area contributed by atoms with Crippen LogP contribution in [0.15, 0.2) is 71.4 Å². The van der Waals surface area contributed by atoms with E-state index >= 15 is 0 Å². The smallest absolute Gasteiger partial charge is 0.217 e. The second kappa shape index (κ2) is 5.15. The fourth-order valence-electron chi connectivity index (χ4n) is 3.68. The van der Waals surface area contributed by atoms with Crippen LogP contribution in [0.5, 0.6) is 0 Å². The van der Waals surface area contributed by atoms with Crippen LogP contribution in [0.25, 0.3) is 44.0 Å². The molecule has 25 heavy (non-hydrogen) atoms. The van der Waals surface area contributed by atoms with Gasteiger partial charge in [-0.25, -0.2) is 4.57 Å². The highest BCUT2D eigenvalue weighted by molar-refractivity contribution is 6.20. The van der Waals surface area contributed by atoms with Gasteiger partial charge < -0.3 is 4.42 Å². The summed E-state index contributed by atoms with van der Waals surface area (Å²) in [5.74, 6) is 0. The Labute approximate surface area is 145 Å². The molecule has 0 saturated heterocycles.